The largest absolute Gasteiger partial charge is 0.392 e. The molecule has 96 valence electrons. The zero-order chi connectivity index (χ0) is 13.5. The van der Waals surface area contributed by atoms with E-state index < -0.39 is 6.10 Å². The van der Waals surface area contributed by atoms with Crippen LogP contribution in [0.4, 0.5) is 0 Å². The minimum absolute atomic E-state index is 0.196. The molecule has 1 amide bonds. The number of carbonyl (C=O) groups excluding carboxylic acids is 1. The molecular formula is C14H17NO3. The number of benzene rings is 1. The molecule has 0 aliphatic carbocycles. The monoisotopic (exact) mass is 247 g/mol. The SMILES string of the molecule is CC(O)CN(C)C(=O)c1ccccc1C#CCO. The van der Waals surface area contributed by atoms with Crippen LogP contribution in [-0.2, 0) is 0 Å². The van der Waals surface area contributed by atoms with Crippen molar-refractivity contribution in [1.82, 2.24) is 4.90 Å². The van der Waals surface area contributed by atoms with E-state index in [1.807, 2.05) is 0 Å². The molecule has 0 aliphatic heterocycles. The van der Waals surface area contributed by atoms with Crippen LogP contribution in [-0.4, -0.2) is 47.3 Å². The third-order valence-electron chi connectivity index (χ3n) is 2.34. The summed E-state index contributed by atoms with van der Waals surface area (Å²) >= 11 is 0. The van der Waals surface area contributed by atoms with E-state index in [4.69, 9.17) is 5.11 Å². The highest BCUT2D eigenvalue weighted by atomic mass is 16.3. The first kappa shape index (κ1) is 14.2. The van der Waals surface area contributed by atoms with Crippen molar-refractivity contribution in [3.05, 3.63) is 35.4 Å². The quantitative estimate of drug-likeness (QED) is 0.764. The normalized spacial score (nSPS) is 11.3. The van der Waals surface area contributed by atoms with Gasteiger partial charge in [0.2, 0.25) is 0 Å². The molecule has 0 aromatic heterocycles. The average molecular weight is 247 g/mol. The molecule has 0 saturated carbocycles. The molecule has 0 fully saturated rings. The van der Waals surface area contributed by atoms with E-state index in [0.717, 1.165) is 0 Å². The Labute approximate surface area is 107 Å². The van der Waals surface area contributed by atoms with E-state index in [2.05, 4.69) is 11.8 Å². The molecule has 1 aromatic carbocycles. The lowest BCUT2D eigenvalue weighted by Crippen LogP contribution is -2.33. The first-order valence-corrected chi connectivity index (χ1v) is 5.68. The Morgan fingerprint density at radius 2 is 2.11 bits per heavy atom. The molecule has 0 spiro atoms. The predicted molar refractivity (Wildman–Crippen MR) is 69.0 cm³/mol. The van der Waals surface area contributed by atoms with Crippen molar-refractivity contribution in [2.75, 3.05) is 20.2 Å². The Balaban J connectivity index is 2.98. The summed E-state index contributed by atoms with van der Waals surface area (Å²) in [5, 5.41) is 18.0. The average Bonchev–Trinajstić information content (AvgIpc) is 2.35. The van der Waals surface area contributed by atoms with E-state index in [1.165, 1.54) is 4.90 Å². The van der Waals surface area contributed by atoms with Crippen LogP contribution in [0.25, 0.3) is 0 Å². The highest BCUT2D eigenvalue weighted by Crippen LogP contribution is 2.10. The maximum absolute atomic E-state index is 12.1. The third kappa shape index (κ3) is 3.88. The molecule has 1 aromatic rings. The molecule has 0 radical (unpaired) electrons. The molecule has 0 aliphatic rings. The van der Waals surface area contributed by atoms with Crippen molar-refractivity contribution in [3.63, 3.8) is 0 Å². The van der Waals surface area contributed by atoms with Crippen molar-refractivity contribution >= 4 is 5.91 Å². The van der Waals surface area contributed by atoms with Crippen molar-refractivity contribution in [1.29, 1.82) is 0 Å². The van der Waals surface area contributed by atoms with Gasteiger partial charge < -0.3 is 15.1 Å². The molecule has 4 heteroatoms. The van der Waals surface area contributed by atoms with Crippen molar-refractivity contribution in [2.24, 2.45) is 0 Å². The maximum atomic E-state index is 12.1. The van der Waals surface area contributed by atoms with Crippen LogP contribution in [0.5, 0.6) is 0 Å². The van der Waals surface area contributed by atoms with Crippen LogP contribution < -0.4 is 0 Å². The molecule has 0 heterocycles. The van der Waals surface area contributed by atoms with Gasteiger partial charge in [-0.05, 0) is 19.1 Å². The van der Waals surface area contributed by atoms with Crippen LogP contribution in [0.3, 0.4) is 0 Å². The van der Waals surface area contributed by atoms with Gasteiger partial charge in [0.25, 0.3) is 5.91 Å². The molecule has 4 nitrogen and oxygen atoms in total. The fourth-order valence-electron chi connectivity index (χ4n) is 1.60. The summed E-state index contributed by atoms with van der Waals surface area (Å²) in [6.07, 6.45) is -0.574. The van der Waals surface area contributed by atoms with Crippen LogP contribution in [0.15, 0.2) is 24.3 Å². The minimum Gasteiger partial charge on any atom is -0.392 e. The Morgan fingerprint density at radius 1 is 1.44 bits per heavy atom. The molecule has 0 saturated heterocycles. The number of likely N-dealkylation sites (N-methyl/N-ethyl adjacent to an activating group) is 1. The number of hydrogen-bond acceptors (Lipinski definition) is 3. The number of rotatable bonds is 3. The first-order chi connectivity index (χ1) is 8.56. The summed E-state index contributed by atoms with van der Waals surface area (Å²) in [5.74, 6) is 5.07. The van der Waals surface area contributed by atoms with Gasteiger partial charge in [0.1, 0.15) is 6.61 Å². The topological polar surface area (TPSA) is 60.8 Å². The summed E-state index contributed by atoms with van der Waals surface area (Å²) in [4.78, 5) is 13.6. The summed E-state index contributed by atoms with van der Waals surface area (Å²) in [5.41, 5.74) is 1.05. The lowest BCUT2D eigenvalue weighted by Gasteiger charge is -2.19. The second-order valence-corrected chi connectivity index (χ2v) is 4.04. The summed E-state index contributed by atoms with van der Waals surface area (Å²) in [7, 11) is 1.63. The van der Waals surface area contributed by atoms with E-state index >= 15 is 0 Å². The molecule has 1 atom stereocenters. The van der Waals surface area contributed by atoms with Crippen LogP contribution in [0.1, 0.15) is 22.8 Å². The minimum atomic E-state index is -0.574. The highest BCUT2D eigenvalue weighted by molar-refractivity contribution is 5.96. The standard InChI is InChI=1S/C14H17NO3/c1-11(17)10-15(2)14(18)13-8-4-3-6-12(13)7-5-9-16/h3-4,6,8,11,16-17H,9-10H2,1-2H3. The fourth-order valence-corrected chi connectivity index (χ4v) is 1.60. The number of nitrogens with zero attached hydrogens (tertiary/aromatic N) is 1. The second-order valence-electron chi connectivity index (χ2n) is 4.04. The van der Waals surface area contributed by atoms with E-state index in [0.29, 0.717) is 11.1 Å². The molecular weight excluding hydrogens is 230 g/mol. The van der Waals surface area contributed by atoms with E-state index in [9.17, 15) is 9.90 Å². The van der Waals surface area contributed by atoms with Gasteiger partial charge >= 0.3 is 0 Å². The van der Waals surface area contributed by atoms with Gasteiger partial charge in [-0.3, -0.25) is 4.79 Å². The van der Waals surface area contributed by atoms with Crippen LogP contribution in [0, 0.1) is 11.8 Å². The molecule has 2 N–H and O–H groups in total. The zero-order valence-corrected chi connectivity index (χ0v) is 10.6. The van der Waals surface area contributed by atoms with Gasteiger partial charge in [-0.2, -0.15) is 0 Å². The molecule has 0 bridgehead atoms. The van der Waals surface area contributed by atoms with Crippen molar-refractivity contribution in [2.45, 2.75) is 13.0 Å². The van der Waals surface area contributed by atoms with Gasteiger partial charge in [-0.25, -0.2) is 0 Å². The second kappa shape index (κ2) is 6.80. The number of aliphatic hydroxyl groups excluding tert-OH is 2. The highest BCUT2D eigenvalue weighted by Gasteiger charge is 2.15. The Hall–Kier alpha value is -1.83. The van der Waals surface area contributed by atoms with Crippen molar-refractivity contribution in [3.8, 4) is 11.8 Å². The Morgan fingerprint density at radius 3 is 2.72 bits per heavy atom. The predicted octanol–water partition coefficient (Wildman–Crippen LogP) is 0.483. The third-order valence-corrected chi connectivity index (χ3v) is 2.34. The maximum Gasteiger partial charge on any atom is 0.254 e. The van der Waals surface area contributed by atoms with Gasteiger partial charge in [0, 0.05) is 19.2 Å². The van der Waals surface area contributed by atoms with Gasteiger partial charge in [0.15, 0.2) is 0 Å². The Bertz CT molecular complexity index is 471. The molecule has 1 unspecified atom stereocenters. The number of carbonyl (C=O) groups is 1. The zero-order valence-electron chi connectivity index (χ0n) is 10.6. The molecule has 1 rings (SSSR count). The number of aliphatic hydroxyl groups is 2. The van der Waals surface area contributed by atoms with Gasteiger partial charge in [-0.15, -0.1) is 0 Å². The van der Waals surface area contributed by atoms with E-state index in [-0.39, 0.29) is 19.1 Å². The summed E-state index contributed by atoms with van der Waals surface area (Å²) in [6, 6.07) is 6.95. The fraction of sp³-hybridized carbons (Fsp3) is 0.357. The van der Waals surface area contributed by atoms with Crippen LogP contribution in [0.2, 0.25) is 0 Å². The first-order valence-electron chi connectivity index (χ1n) is 5.68. The summed E-state index contributed by atoms with van der Waals surface area (Å²) in [6.45, 7) is 1.65. The summed E-state index contributed by atoms with van der Waals surface area (Å²) < 4.78 is 0. The van der Waals surface area contributed by atoms with E-state index in [1.54, 1.807) is 38.2 Å². The Kier molecular flexibility index (Phi) is 5.37. The smallest absolute Gasteiger partial charge is 0.254 e. The number of hydrogen-bond donors (Lipinski definition) is 2. The van der Waals surface area contributed by atoms with Crippen molar-refractivity contribution < 1.29 is 15.0 Å². The molecule has 18 heavy (non-hydrogen) atoms. The number of amides is 1. The lowest BCUT2D eigenvalue weighted by molar-refractivity contribution is 0.0703. The van der Waals surface area contributed by atoms with Gasteiger partial charge in [0.05, 0.1) is 11.7 Å². The lowest BCUT2D eigenvalue weighted by atomic mass is 10.1. The van der Waals surface area contributed by atoms with Crippen LogP contribution >= 0.6 is 0 Å². The van der Waals surface area contributed by atoms with Gasteiger partial charge in [-0.1, -0.05) is 24.0 Å².